The quantitative estimate of drug-likeness (QED) is 0.231. The highest BCUT2D eigenvalue weighted by Crippen LogP contribution is 2.48. The van der Waals surface area contributed by atoms with Crippen LogP contribution >= 0.6 is 0 Å². The van der Waals surface area contributed by atoms with Crippen LogP contribution in [-0.4, -0.2) is 27.2 Å². The van der Waals surface area contributed by atoms with Gasteiger partial charge >= 0.3 is 5.97 Å². The SMILES string of the molecule is CCOC(=O)c1cc2ccc3c(c2cc1O)OC(n1cccc1)=C(C#N)C3c1cccc([N+](=O)[O-])c1. The van der Waals surface area contributed by atoms with Crippen LogP contribution in [0.2, 0.25) is 0 Å². The van der Waals surface area contributed by atoms with Crippen molar-refractivity contribution >= 4 is 28.3 Å². The van der Waals surface area contributed by atoms with Crippen LogP contribution in [0.5, 0.6) is 11.5 Å². The first kappa shape index (κ1) is 22.7. The number of carbonyl (C=O) groups is 1. The minimum absolute atomic E-state index is 0.0224. The van der Waals surface area contributed by atoms with Gasteiger partial charge in [-0.1, -0.05) is 24.3 Å². The molecule has 1 atom stereocenters. The summed E-state index contributed by atoms with van der Waals surface area (Å²) in [5, 5.41) is 33.4. The minimum Gasteiger partial charge on any atom is -0.507 e. The van der Waals surface area contributed by atoms with Gasteiger partial charge in [0.25, 0.3) is 5.69 Å². The monoisotopic (exact) mass is 481 g/mol. The summed E-state index contributed by atoms with van der Waals surface area (Å²) in [6.07, 6.45) is 3.45. The standard InChI is InChI=1S/C27H19N3O6/c1-2-35-27(32)21-13-16-8-9-19-24(17-6-5-7-18(12-17)30(33)34)22(15-28)26(29-10-3-4-11-29)36-25(19)20(16)14-23(21)31/h3-14,24,31H,2H2,1H3. The van der Waals surface area contributed by atoms with Crippen molar-refractivity contribution in [1.82, 2.24) is 4.57 Å². The molecule has 0 amide bonds. The van der Waals surface area contributed by atoms with Gasteiger partial charge in [0, 0.05) is 35.5 Å². The lowest BCUT2D eigenvalue weighted by atomic mass is 9.82. The maximum Gasteiger partial charge on any atom is 0.341 e. The fraction of sp³-hybridized carbons (Fsp3) is 0.111. The second kappa shape index (κ2) is 8.92. The lowest BCUT2D eigenvalue weighted by Gasteiger charge is -2.29. The van der Waals surface area contributed by atoms with Crippen molar-refractivity contribution in [2.24, 2.45) is 0 Å². The topological polar surface area (TPSA) is 128 Å². The number of allylic oxidation sites excluding steroid dienone is 1. The normalized spacial score (nSPS) is 14.6. The number of aromatic hydroxyl groups is 1. The van der Waals surface area contributed by atoms with Crippen molar-refractivity contribution < 1.29 is 24.3 Å². The van der Waals surface area contributed by atoms with Crippen LogP contribution < -0.4 is 4.74 Å². The largest absolute Gasteiger partial charge is 0.507 e. The number of nitriles is 1. The zero-order chi connectivity index (χ0) is 25.4. The Morgan fingerprint density at radius 3 is 2.67 bits per heavy atom. The Labute approximate surface area is 205 Å². The minimum atomic E-state index is -0.674. The first-order chi connectivity index (χ1) is 17.4. The third-order valence-corrected chi connectivity index (χ3v) is 6.02. The van der Waals surface area contributed by atoms with Crippen LogP contribution in [-0.2, 0) is 4.74 Å². The Bertz CT molecular complexity index is 1600. The highest BCUT2D eigenvalue weighted by molar-refractivity contribution is 6.01. The van der Waals surface area contributed by atoms with E-state index in [4.69, 9.17) is 9.47 Å². The molecule has 0 bridgehead atoms. The van der Waals surface area contributed by atoms with Crippen molar-refractivity contribution in [2.45, 2.75) is 12.8 Å². The molecule has 1 aromatic heterocycles. The Morgan fingerprint density at radius 2 is 1.97 bits per heavy atom. The van der Waals surface area contributed by atoms with E-state index < -0.39 is 16.8 Å². The molecule has 9 nitrogen and oxygen atoms in total. The molecule has 178 valence electrons. The predicted molar refractivity (Wildman–Crippen MR) is 130 cm³/mol. The molecule has 0 saturated carbocycles. The van der Waals surface area contributed by atoms with Gasteiger partial charge in [0.15, 0.2) is 0 Å². The van der Waals surface area contributed by atoms with E-state index in [1.54, 1.807) is 60.3 Å². The molecular formula is C27H19N3O6. The van der Waals surface area contributed by atoms with E-state index >= 15 is 0 Å². The number of carbonyl (C=O) groups excluding carboxylic acids is 1. The molecule has 3 aromatic carbocycles. The van der Waals surface area contributed by atoms with Crippen LogP contribution in [0, 0.1) is 21.4 Å². The van der Waals surface area contributed by atoms with Crippen molar-refractivity contribution in [3.63, 3.8) is 0 Å². The lowest BCUT2D eigenvalue weighted by molar-refractivity contribution is -0.384. The number of benzene rings is 3. The smallest absolute Gasteiger partial charge is 0.341 e. The second-order valence-electron chi connectivity index (χ2n) is 8.10. The van der Waals surface area contributed by atoms with Crippen molar-refractivity contribution in [3.8, 4) is 17.6 Å². The number of nitrogens with zero attached hydrogens (tertiary/aromatic N) is 3. The summed E-state index contributed by atoms with van der Waals surface area (Å²) in [5.74, 6) is -0.982. The van der Waals surface area contributed by atoms with E-state index in [-0.39, 0.29) is 35.1 Å². The van der Waals surface area contributed by atoms with Gasteiger partial charge in [-0.25, -0.2) is 4.79 Å². The van der Waals surface area contributed by atoms with Crippen LogP contribution in [0.3, 0.4) is 0 Å². The van der Waals surface area contributed by atoms with Crippen molar-refractivity contribution in [3.05, 3.63) is 105 Å². The molecule has 1 aliphatic rings. The summed E-state index contributed by atoms with van der Waals surface area (Å²) in [6, 6.07) is 18.4. The first-order valence-corrected chi connectivity index (χ1v) is 11.1. The molecule has 5 rings (SSSR count). The molecule has 1 aliphatic heterocycles. The van der Waals surface area contributed by atoms with E-state index in [1.165, 1.54) is 24.3 Å². The number of rotatable bonds is 5. The number of phenolic OH excluding ortho intramolecular Hbond substituents is 1. The highest BCUT2D eigenvalue weighted by Gasteiger charge is 2.34. The van der Waals surface area contributed by atoms with Crippen LogP contribution in [0.4, 0.5) is 5.69 Å². The molecule has 0 saturated heterocycles. The molecule has 9 heteroatoms. The number of nitro benzene ring substituents is 1. The van der Waals surface area contributed by atoms with Gasteiger partial charge in [0.05, 0.1) is 17.4 Å². The highest BCUT2D eigenvalue weighted by atomic mass is 16.6. The molecule has 0 aliphatic carbocycles. The first-order valence-electron chi connectivity index (χ1n) is 11.1. The van der Waals surface area contributed by atoms with Crippen molar-refractivity contribution in [2.75, 3.05) is 6.61 Å². The number of non-ortho nitro benzene ring substituents is 1. The zero-order valence-corrected chi connectivity index (χ0v) is 19.0. The van der Waals surface area contributed by atoms with Crippen molar-refractivity contribution in [1.29, 1.82) is 5.26 Å². The third-order valence-electron chi connectivity index (χ3n) is 6.02. The second-order valence-corrected chi connectivity index (χ2v) is 8.10. The van der Waals surface area contributed by atoms with Crippen LogP contribution in [0.15, 0.2) is 78.6 Å². The Balaban J connectivity index is 1.78. The van der Waals surface area contributed by atoms with Gasteiger partial charge in [-0.05, 0) is 42.1 Å². The van der Waals surface area contributed by atoms with E-state index in [9.17, 15) is 25.3 Å². The Hall–Kier alpha value is -5.10. The molecule has 0 fully saturated rings. The molecule has 1 unspecified atom stereocenters. The number of ether oxygens (including phenoxy) is 2. The maximum atomic E-state index is 12.3. The van der Waals surface area contributed by atoms with E-state index in [0.717, 1.165) is 0 Å². The average molecular weight is 481 g/mol. The number of esters is 1. The van der Waals surface area contributed by atoms with Gasteiger partial charge in [0.1, 0.15) is 28.7 Å². The van der Waals surface area contributed by atoms with Crippen LogP contribution in [0.25, 0.3) is 16.7 Å². The van der Waals surface area contributed by atoms with E-state index in [0.29, 0.717) is 27.6 Å². The predicted octanol–water partition coefficient (Wildman–Crippen LogP) is 5.35. The summed E-state index contributed by atoms with van der Waals surface area (Å²) in [7, 11) is 0. The molecule has 0 spiro atoms. The number of hydrogen-bond acceptors (Lipinski definition) is 7. The third kappa shape index (κ3) is 3.71. The number of hydrogen-bond donors (Lipinski definition) is 1. The Kier molecular flexibility index (Phi) is 5.62. The van der Waals surface area contributed by atoms with Gasteiger partial charge in [-0.3, -0.25) is 14.7 Å². The Morgan fingerprint density at radius 1 is 1.19 bits per heavy atom. The molecule has 4 aromatic rings. The lowest BCUT2D eigenvalue weighted by Crippen LogP contribution is -2.19. The van der Waals surface area contributed by atoms with Gasteiger partial charge in [0.2, 0.25) is 5.88 Å². The maximum absolute atomic E-state index is 12.3. The molecule has 2 heterocycles. The molecule has 1 N–H and O–H groups in total. The number of nitro groups is 1. The summed E-state index contributed by atoms with van der Waals surface area (Å²) in [6.45, 7) is 1.84. The summed E-state index contributed by atoms with van der Waals surface area (Å²) < 4.78 is 13.0. The zero-order valence-electron chi connectivity index (χ0n) is 19.0. The number of phenols is 1. The van der Waals surface area contributed by atoms with Gasteiger partial charge in [-0.15, -0.1) is 0 Å². The fourth-order valence-corrected chi connectivity index (χ4v) is 4.43. The fourth-order valence-electron chi connectivity index (χ4n) is 4.43. The molecule has 36 heavy (non-hydrogen) atoms. The number of fused-ring (bicyclic) bond motifs is 3. The molecular weight excluding hydrogens is 462 g/mol. The number of aromatic nitrogens is 1. The average Bonchev–Trinajstić information content (AvgIpc) is 3.42. The van der Waals surface area contributed by atoms with Crippen LogP contribution in [0.1, 0.15) is 34.3 Å². The van der Waals surface area contributed by atoms with Gasteiger partial charge in [-0.2, -0.15) is 5.26 Å². The van der Waals surface area contributed by atoms with E-state index in [2.05, 4.69) is 6.07 Å². The summed E-state index contributed by atoms with van der Waals surface area (Å²) in [5.41, 5.74) is 1.33. The van der Waals surface area contributed by atoms with Gasteiger partial charge < -0.3 is 14.6 Å². The summed E-state index contributed by atoms with van der Waals surface area (Å²) >= 11 is 0. The summed E-state index contributed by atoms with van der Waals surface area (Å²) in [4.78, 5) is 23.3. The van der Waals surface area contributed by atoms with E-state index in [1.807, 2.05) is 0 Å². The molecule has 0 radical (unpaired) electrons.